The van der Waals surface area contributed by atoms with E-state index in [4.69, 9.17) is 15.9 Å². The van der Waals surface area contributed by atoms with Crippen LogP contribution in [0.1, 0.15) is 16.8 Å². The molecule has 0 bridgehead atoms. The van der Waals surface area contributed by atoms with E-state index in [-0.39, 0.29) is 5.84 Å². The van der Waals surface area contributed by atoms with Crippen LogP contribution in [0.4, 0.5) is 0 Å². The second-order valence-corrected chi connectivity index (χ2v) is 4.96. The number of nitrogens with two attached hydrogens (primary N) is 1. The van der Waals surface area contributed by atoms with Gasteiger partial charge in [-0.05, 0) is 23.8 Å². The van der Waals surface area contributed by atoms with Gasteiger partial charge in [-0.2, -0.15) is 0 Å². The molecule has 0 aliphatic heterocycles. The maximum Gasteiger partial charge on any atom is 0.142 e. The molecule has 2 rings (SSSR count). The highest BCUT2D eigenvalue weighted by Gasteiger charge is 2.06. The van der Waals surface area contributed by atoms with Crippen LogP contribution in [-0.2, 0) is 18.0 Å². The normalized spacial score (nSPS) is 10.4. The molecule has 0 aliphatic rings. The molecule has 4 nitrogen and oxygen atoms in total. The molecule has 2 aromatic rings. The minimum Gasteiger partial charge on any atom is -0.382 e. The van der Waals surface area contributed by atoms with Gasteiger partial charge in [-0.1, -0.05) is 34.1 Å². The van der Waals surface area contributed by atoms with E-state index in [1.165, 1.54) is 0 Å². The van der Waals surface area contributed by atoms with E-state index in [0.29, 0.717) is 18.9 Å². The molecule has 0 atom stereocenters. The van der Waals surface area contributed by atoms with Gasteiger partial charge in [-0.15, -0.1) is 0 Å². The van der Waals surface area contributed by atoms with E-state index in [1.807, 2.05) is 36.4 Å². The molecule has 3 N–H and O–H groups in total. The minimum atomic E-state index is -0.0401. The summed E-state index contributed by atoms with van der Waals surface area (Å²) in [7, 11) is 0. The van der Waals surface area contributed by atoms with Gasteiger partial charge in [0.15, 0.2) is 0 Å². The third kappa shape index (κ3) is 3.87. The zero-order valence-electron chi connectivity index (χ0n) is 10.3. The van der Waals surface area contributed by atoms with Crippen LogP contribution in [0.2, 0.25) is 0 Å². The zero-order chi connectivity index (χ0) is 13.7. The number of nitrogens with zero attached hydrogens (tertiary/aromatic N) is 1. The number of aromatic nitrogens is 1. The van der Waals surface area contributed by atoms with E-state index in [9.17, 15) is 0 Å². The van der Waals surface area contributed by atoms with Crippen LogP contribution in [0, 0.1) is 5.41 Å². The molecule has 1 heterocycles. The van der Waals surface area contributed by atoms with E-state index in [0.717, 1.165) is 15.6 Å². The summed E-state index contributed by atoms with van der Waals surface area (Å²) in [5.74, 6) is -0.0401. The fraction of sp³-hybridized carbons (Fsp3) is 0.143. The molecule has 1 aromatic carbocycles. The lowest BCUT2D eigenvalue weighted by atomic mass is 10.2. The summed E-state index contributed by atoms with van der Waals surface area (Å²) in [5.41, 5.74) is 7.87. The predicted octanol–water partition coefficient (Wildman–Crippen LogP) is 2.84. The van der Waals surface area contributed by atoms with Gasteiger partial charge in [0.05, 0.1) is 13.2 Å². The molecule has 0 aliphatic carbocycles. The summed E-state index contributed by atoms with van der Waals surface area (Å²) >= 11 is 3.42. The third-order valence-corrected chi connectivity index (χ3v) is 3.05. The Hall–Kier alpha value is -1.72. The Morgan fingerprint density at radius 2 is 2.11 bits per heavy atom. The Kier molecular flexibility index (Phi) is 4.65. The maximum atomic E-state index is 7.46. The number of nitrogen functional groups attached to an aromatic ring is 1. The summed E-state index contributed by atoms with van der Waals surface area (Å²) in [6.45, 7) is 0.890. The molecule has 0 saturated heterocycles. The summed E-state index contributed by atoms with van der Waals surface area (Å²) in [5, 5.41) is 7.46. The highest BCUT2D eigenvalue weighted by atomic mass is 79.9. The molecule has 98 valence electrons. The van der Waals surface area contributed by atoms with Crippen molar-refractivity contribution in [3.8, 4) is 0 Å². The van der Waals surface area contributed by atoms with Gasteiger partial charge < -0.3 is 10.5 Å². The van der Waals surface area contributed by atoms with Crippen LogP contribution < -0.4 is 5.73 Å². The molecular formula is C14H14BrN3O. The standard InChI is InChI=1S/C14H14BrN3O/c15-12-5-1-3-10(7-12)8-19-9-11-4-2-6-18-13(11)14(16)17/h1-7H,8-9H2,(H3,16,17). The molecule has 0 saturated carbocycles. The van der Waals surface area contributed by atoms with Gasteiger partial charge in [0.1, 0.15) is 11.5 Å². The van der Waals surface area contributed by atoms with Crippen molar-refractivity contribution in [1.29, 1.82) is 5.41 Å². The lowest BCUT2D eigenvalue weighted by Gasteiger charge is -2.08. The van der Waals surface area contributed by atoms with Crippen molar-refractivity contribution in [2.45, 2.75) is 13.2 Å². The van der Waals surface area contributed by atoms with Crippen LogP contribution in [0.5, 0.6) is 0 Å². The van der Waals surface area contributed by atoms with Crippen LogP contribution in [0.3, 0.4) is 0 Å². The molecule has 0 amide bonds. The first-order chi connectivity index (χ1) is 9.16. The van der Waals surface area contributed by atoms with E-state index < -0.39 is 0 Å². The number of amidine groups is 1. The molecule has 19 heavy (non-hydrogen) atoms. The summed E-state index contributed by atoms with van der Waals surface area (Å²) in [4.78, 5) is 4.08. The molecule has 0 spiro atoms. The van der Waals surface area contributed by atoms with Crippen molar-refractivity contribution in [3.63, 3.8) is 0 Å². The first-order valence-electron chi connectivity index (χ1n) is 5.77. The van der Waals surface area contributed by atoms with Crippen LogP contribution in [0.25, 0.3) is 0 Å². The number of pyridine rings is 1. The topological polar surface area (TPSA) is 72.0 Å². The Balaban J connectivity index is 1.98. The minimum absolute atomic E-state index is 0.0401. The van der Waals surface area contributed by atoms with Gasteiger partial charge >= 0.3 is 0 Å². The number of hydrogen-bond acceptors (Lipinski definition) is 3. The van der Waals surface area contributed by atoms with E-state index >= 15 is 0 Å². The first-order valence-corrected chi connectivity index (χ1v) is 6.56. The maximum absolute atomic E-state index is 7.46. The zero-order valence-corrected chi connectivity index (χ0v) is 11.9. The van der Waals surface area contributed by atoms with Crippen molar-refractivity contribution in [2.24, 2.45) is 5.73 Å². The second kappa shape index (κ2) is 6.45. The summed E-state index contributed by atoms with van der Waals surface area (Å²) in [6.07, 6.45) is 1.62. The van der Waals surface area contributed by atoms with Crippen LogP contribution >= 0.6 is 15.9 Å². The lowest BCUT2D eigenvalue weighted by Crippen LogP contribution is -2.16. The molecule has 0 fully saturated rings. The average molecular weight is 320 g/mol. The number of rotatable bonds is 5. The smallest absolute Gasteiger partial charge is 0.142 e. The number of ether oxygens (including phenoxy) is 1. The van der Waals surface area contributed by atoms with Crippen molar-refractivity contribution in [1.82, 2.24) is 4.98 Å². The van der Waals surface area contributed by atoms with Gasteiger partial charge in [0.25, 0.3) is 0 Å². The van der Waals surface area contributed by atoms with Gasteiger partial charge in [0, 0.05) is 16.2 Å². The number of hydrogen-bond donors (Lipinski definition) is 2. The van der Waals surface area contributed by atoms with Crippen molar-refractivity contribution in [2.75, 3.05) is 0 Å². The average Bonchev–Trinajstić information content (AvgIpc) is 2.39. The van der Waals surface area contributed by atoms with Crippen LogP contribution in [-0.4, -0.2) is 10.8 Å². The molecule has 0 radical (unpaired) electrons. The molecular weight excluding hydrogens is 306 g/mol. The van der Waals surface area contributed by atoms with Gasteiger partial charge in [-0.3, -0.25) is 10.4 Å². The summed E-state index contributed by atoms with van der Waals surface area (Å²) < 4.78 is 6.67. The van der Waals surface area contributed by atoms with E-state index in [2.05, 4.69) is 20.9 Å². The predicted molar refractivity (Wildman–Crippen MR) is 77.9 cm³/mol. The number of benzene rings is 1. The third-order valence-electron chi connectivity index (χ3n) is 2.56. The Morgan fingerprint density at radius 3 is 2.84 bits per heavy atom. The highest BCUT2D eigenvalue weighted by Crippen LogP contribution is 2.13. The monoisotopic (exact) mass is 319 g/mol. The first kappa shape index (κ1) is 13.7. The largest absolute Gasteiger partial charge is 0.382 e. The Labute approximate surface area is 120 Å². The molecule has 0 unspecified atom stereocenters. The van der Waals surface area contributed by atoms with E-state index in [1.54, 1.807) is 6.20 Å². The van der Waals surface area contributed by atoms with Crippen LogP contribution in [0.15, 0.2) is 47.1 Å². The van der Waals surface area contributed by atoms with Gasteiger partial charge in [0.2, 0.25) is 0 Å². The molecule has 5 heteroatoms. The Morgan fingerprint density at radius 1 is 1.26 bits per heavy atom. The number of nitrogens with one attached hydrogen (secondary N) is 1. The number of halogens is 1. The fourth-order valence-corrected chi connectivity index (χ4v) is 2.15. The molecule has 1 aromatic heterocycles. The highest BCUT2D eigenvalue weighted by molar-refractivity contribution is 9.10. The SMILES string of the molecule is N=C(N)c1ncccc1COCc1cccc(Br)c1. The fourth-order valence-electron chi connectivity index (χ4n) is 1.70. The van der Waals surface area contributed by atoms with Crippen molar-refractivity contribution >= 4 is 21.8 Å². The summed E-state index contributed by atoms with van der Waals surface area (Å²) in [6, 6.07) is 11.6. The van der Waals surface area contributed by atoms with Crippen molar-refractivity contribution < 1.29 is 4.74 Å². The Bertz CT molecular complexity index is 586. The lowest BCUT2D eigenvalue weighted by molar-refractivity contribution is 0.107. The van der Waals surface area contributed by atoms with Crippen molar-refractivity contribution in [3.05, 3.63) is 63.9 Å². The quantitative estimate of drug-likeness (QED) is 0.657. The second-order valence-electron chi connectivity index (χ2n) is 4.05. The van der Waals surface area contributed by atoms with Gasteiger partial charge in [-0.25, -0.2) is 0 Å².